The molecule has 2 aromatic rings. The molecule has 1 N–H and O–H groups in total. The van der Waals surface area contributed by atoms with Crippen LogP contribution < -0.4 is 4.90 Å². The zero-order valence-corrected chi connectivity index (χ0v) is 16.4. The van der Waals surface area contributed by atoms with Crippen LogP contribution in [0.15, 0.2) is 60.7 Å². The van der Waals surface area contributed by atoms with Crippen molar-refractivity contribution in [2.24, 2.45) is 23.7 Å². The Morgan fingerprint density at radius 3 is 2.26 bits per heavy atom. The molecule has 0 spiro atoms. The molecular formula is C24H19NO6. The summed E-state index contributed by atoms with van der Waals surface area (Å²) < 4.78 is 5.07. The number of rotatable bonds is 5. The average molecular weight is 417 g/mol. The number of esters is 1. The number of aromatic hydroxyl groups is 1. The summed E-state index contributed by atoms with van der Waals surface area (Å²) in [6.45, 7) is -0.493. The molecule has 7 heteroatoms. The van der Waals surface area contributed by atoms with E-state index in [-0.39, 0.29) is 58.3 Å². The number of ketones is 1. The minimum Gasteiger partial charge on any atom is -0.507 e. The van der Waals surface area contributed by atoms with Crippen molar-refractivity contribution in [3.05, 3.63) is 71.8 Å². The lowest BCUT2D eigenvalue weighted by Gasteiger charge is -2.18. The summed E-state index contributed by atoms with van der Waals surface area (Å²) >= 11 is 0. The third kappa shape index (κ3) is 3.04. The molecule has 2 fully saturated rings. The second kappa shape index (κ2) is 7.19. The van der Waals surface area contributed by atoms with Gasteiger partial charge in [-0.2, -0.15) is 0 Å². The number of carbonyl (C=O) groups excluding carboxylic acids is 4. The number of phenolic OH excluding ortho intramolecular Hbond substituents is 1. The molecule has 2 amide bonds. The number of ether oxygens (including phenoxy) is 1. The van der Waals surface area contributed by atoms with Crippen molar-refractivity contribution in [1.29, 1.82) is 0 Å². The van der Waals surface area contributed by atoms with Gasteiger partial charge in [-0.15, -0.1) is 0 Å². The molecule has 0 unspecified atom stereocenters. The minimum absolute atomic E-state index is 0.0713. The number of Topliss-reactive ketones (excluding diaryl/α,β-unsaturated/α-hetero) is 1. The smallest absolute Gasteiger partial charge is 0.342 e. The van der Waals surface area contributed by atoms with Gasteiger partial charge in [0.25, 0.3) is 0 Å². The number of allylic oxidation sites excluding steroid dienone is 2. The first kappa shape index (κ1) is 19.2. The molecule has 1 aliphatic heterocycles. The average Bonchev–Trinajstić information content (AvgIpc) is 3.47. The highest BCUT2D eigenvalue weighted by molar-refractivity contribution is 6.23. The van der Waals surface area contributed by atoms with Gasteiger partial charge < -0.3 is 9.84 Å². The van der Waals surface area contributed by atoms with Gasteiger partial charge in [-0.3, -0.25) is 14.4 Å². The monoisotopic (exact) mass is 417 g/mol. The molecule has 1 saturated heterocycles. The molecule has 31 heavy (non-hydrogen) atoms. The molecule has 5 rings (SSSR count). The van der Waals surface area contributed by atoms with Gasteiger partial charge in [-0.1, -0.05) is 42.5 Å². The number of phenols is 1. The highest BCUT2D eigenvalue weighted by atomic mass is 16.5. The minimum atomic E-state index is -0.912. The van der Waals surface area contributed by atoms with Gasteiger partial charge in [0.05, 0.1) is 17.5 Å². The highest BCUT2D eigenvalue weighted by Crippen LogP contribution is 2.53. The SMILES string of the molecule is O=C(COC(=O)c1cc(N2C(=O)[C@@H]3[C@H](C2=O)[C@H]2C=C[C@H]3C2)ccc1O)c1ccccc1. The van der Waals surface area contributed by atoms with E-state index in [2.05, 4.69) is 0 Å². The zero-order chi connectivity index (χ0) is 21.7. The Kier molecular flexibility index (Phi) is 4.46. The second-order valence-corrected chi connectivity index (χ2v) is 8.08. The van der Waals surface area contributed by atoms with Crippen LogP contribution in [0.4, 0.5) is 5.69 Å². The molecule has 156 valence electrons. The third-order valence-corrected chi connectivity index (χ3v) is 6.36. The van der Waals surface area contributed by atoms with E-state index in [1.807, 2.05) is 12.2 Å². The lowest BCUT2D eigenvalue weighted by Crippen LogP contribution is -2.33. The number of anilines is 1. The number of benzene rings is 2. The van der Waals surface area contributed by atoms with Gasteiger partial charge >= 0.3 is 5.97 Å². The summed E-state index contributed by atoms with van der Waals surface area (Å²) in [6, 6.07) is 12.3. The first-order chi connectivity index (χ1) is 15.0. The summed E-state index contributed by atoms with van der Waals surface area (Å²) in [6.07, 6.45) is 4.83. The number of hydrogen-bond donors (Lipinski definition) is 1. The molecule has 4 atom stereocenters. The largest absolute Gasteiger partial charge is 0.507 e. The number of imide groups is 1. The molecule has 2 aliphatic carbocycles. The maximum atomic E-state index is 13.0. The van der Waals surface area contributed by atoms with Crippen LogP contribution >= 0.6 is 0 Å². The molecule has 0 radical (unpaired) electrons. The van der Waals surface area contributed by atoms with Crippen LogP contribution in [0.2, 0.25) is 0 Å². The molecular weight excluding hydrogens is 398 g/mol. The highest BCUT2D eigenvalue weighted by Gasteiger charge is 2.59. The van der Waals surface area contributed by atoms with Crippen LogP contribution in [0, 0.1) is 23.7 Å². The maximum absolute atomic E-state index is 13.0. The van der Waals surface area contributed by atoms with E-state index in [4.69, 9.17) is 4.74 Å². The maximum Gasteiger partial charge on any atom is 0.342 e. The van der Waals surface area contributed by atoms with E-state index in [1.165, 1.54) is 18.2 Å². The summed E-state index contributed by atoms with van der Waals surface area (Å²) in [7, 11) is 0. The van der Waals surface area contributed by atoms with Crippen molar-refractivity contribution in [3.8, 4) is 5.75 Å². The van der Waals surface area contributed by atoms with Crippen LogP contribution in [-0.4, -0.2) is 35.3 Å². The predicted molar refractivity (Wildman–Crippen MR) is 109 cm³/mol. The van der Waals surface area contributed by atoms with Crippen molar-refractivity contribution in [2.75, 3.05) is 11.5 Å². The van der Waals surface area contributed by atoms with Gasteiger partial charge in [-0.05, 0) is 36.5 Å². The molecule has 3 aliphatic rings. The molecule has 0 aromatic heterocycles. The van der Waals surface area contributed by atoms with E-state index >= 15 is 0 Å². The van der Waals surface area contributed by atoms with E-state index in [0.29, 0.717) is 5.56 Å². The fourth-order valence-corrected chi connectivity index (χ4v) is 4.90. The van der Waals surface area contributed by atoms with Gasteiger partial charge in [0, 0.05) is 5.56 Å². The summed E-state index contributed by atoms with van der Waals surface area (Å²) in [5.41, 5.74) is 0.399. The van der Waals surface area contributed by atoms with Crippen LogP contribution in [0.5, 0.6) is 5.75 Å². The summed E-state index contributed by atoms with van der Waals surface area (Å²) in [5, 5.41) is 10.1. The van der Waals surface area contributed by atoms with Crippen LogP contribution in [-0.2, 0) is 14.3 Å². The normalized spacial score (nSPS) is 25.7. The molecule has 1 saturated carbocycles. The fraction of sp³-hybridized carbons (Fsp3) is 0.250. The second-order valence-electron chi connectivity index (χ2n) is 8.08. The van der Waals surface area contributed by atoms with Crippen molar-refractivity contribution in [1.82, 2.24) is 0 Å². The number of carbonyl (C=O) groups is 4. The van der Waals surface area contributed by atoms with E-state index < -0.39 is 12.6 Å². The Hall–Kier alpha value is -3.74. The summed E-state index contributed by atoms with van der Waals surface area (Å²) in [5.74, 6) is -2.81. The number of nitrogens with zero attached hydrogens (tertiary/aromatic N) is 1. The third-order valence-electron chi connectivity index (χ3n) is 6.36. The Labute approximate surface area is 177 Å². The topological polar surface area (TPSA) is 101 Å². The summed E-state index contributed by atoms with van der Waals surface area (Å²) in [4.78, 5) is 51.7. The Bertz CT molecular complexity index is 1110. The number of fused-ring (bicyclic) bond motifs is 5. The van der Waals surface area contributed by atoms with E-state index in [1.54, 1.807) is 30.3 Å². The lowest BCUT2D eigenvalue weighted by atomic mass is 9.85. The Balaban J connectivity index is 1.35. The first-order valence-electron chi connectivity index (χ1n) is 10.1. The fourth-order valence-electron chi connectivity index (χ4n) is 4.90. The Morgan fingerprint density at radius 2 is 1.61 bits per heavy atom. The van der Waals surface area contributed by atoms with E-state index in [9.17, 15) is 24.3 Å². The van der Waals surface area contributed by atoms with Crippen LogP contribution in [0.3, 0.4) is 0 Å². The van der Waals surface area contributed by atoms with Crippen molar-refractivity contribution in [2.45, 2.75) is 6.42 Å². The molecule has 2 bridgehead atoms. The zero-order valence-electron chi connectivity index (χ0n) is 16.4. The standard InChI is InChI=1S/C24H19NO6/c26-18-9-8-16(25-22(28)20-14-6-7-15(10-14)21(20)23(25)29)11-17(18)24(30)31-12-19(27)13-4-2-1-3-5-13/h1-9,11,14-15,20-21,26H,10,12H2/t14-,15-,20-,21+/m0/s1. The Morgan fingerprint density at radius 1 is 0.968 bits per heavy atom. The molecule has 2 aromatic carbocycles. The van der Waals surface area contributed by atoms with Crippen molar-refractivity contribution < 1.29 is 29.0 Å². The quantitative estimate of drug-likeness (QED) is 0.347. The molecule has 1 heterocycles. The van der Waals surface area contributed by atoms with Gasteiger partial charge in [-0.25, -0.2) is 9.69 Å². The van der Waals surface area contributed by atoms with Crippen molar-refractivity contribution >= 4 is 29.3 Å². The lowest BCUT2D eigenvalue weighted by molar-refractivity contribution is -0.123. The number of hydrogen-bond acceptors (Lipinski definition) is 6. The predicted octanol–water partition coefficient (Wildman–Crippen LogP) is 2.74. The first-order valence-corrected chi connectivity index (χ1v) is 10.1. The van der Waals surface area contributed by atoms with Crippen LogP contribution in [0.1, 0.15) is 27.1 Å². The van der Waals surface area contributed by atoms with E-state index in [0.717, 1.165) is 11.3 Å². The number of amides is 2. The van der Waals surface area contributed by atoms with Gasteiger partial charge in [0.15, 0.2) is 12.4 Å². The molecule has 7 nitrogen and oxygen atoms in total. The van der Waals surface area contributed by atoms with Crippen molar-refractivity contribution in [3.63, 3.8) is 0 Å². The van der Waals surface area contributed by atoms with Crippen LogP contribution in [0.25, 0.3) is 0 Å². The van der Waals surface area contributed by atoms with Gasteiger partial charge in [0.1, 0.15) is 11.3 Å². The van der Waals surface area contributed by atoms with Gasteiger partial charge in [0.2, 0.25) is 11.8 Å².